The van der Waals surface area contributed by atoms with E-state index < -0.39 is 0 Å². The lowest BCUT2D eigenvalue weighted by Gasteiger charge is -2.23. The third-order valence-electron chi connectivity index (χ3n) is 5.63. The van der Waals surface area contributed by atoms with Crippen LogP contribution in [0.25, 0.3) is 0 Å². The smallest absolute Gasteiger partial charge is 0.277 e. The third kappa shape index (κ3) is 3.46. The largest absolute Gasteiger partial charge is 0.382 e. The van der Waals surface area contributed by atoms with E-state index in [0.29, 0.717) is 11.7 Å². The molecule has 1 aliphatic carbocycles. The summed E-state index contributed by atoms with van der Waals surface area (Å²) >= 11 is 0. The van der Waals surface area contributed by atoms with Crippen LogP contribution in [0, 0.1) is 0 Å². The maximum atomic E-state index is 13.2. The number of carbonyl (C=O) groups excluding carboxylic acids is 1. The number of nitrogens with zero attached hydrogens (tertiary/aromatic N) is 2. The molecule has 0 saturated heterocycles. The quantitative estimate of drug-likeness (QED) is 0.809. The third-order valence-corrected chi connectivity index (χ3v) is 5.63. The highest BCUT2D eigenvalue weighted by atomic mass is 16.2. The zero-order chi connectivity index (χ0) is 17.9. The van der Waals surface area contributed by atoms with Crippen molar-refractivity contribution in [3.63, 3.8) is 0 Å². The molecule has 4 heteroatoms. The minimum atomic E-state index is -0.00744. The van der Waals surface area contributed by atoms with E-state index in [-0.39, 0.29) is 11.9 Å². The van der Waals surface area contributed by atoms with E-state index in [9.17, 15) is 4.79 Å². The highest BCUT2D eigenvalue weighted by Gasteiger charge is 2.31. The number of para-hydroxylation sites is 1. The Labute approximate surface area is 155 Å². The van der Waals surface area contributed by atoms with Crippen molar-refractivity contribution in [1.82, 2.24) is 4.98 Å². The van der Waals surface area contributed by atoms with Gasteiger partial charge in [0.1, 0.15) is 5.69 Å². The van der Waals surface area contributed by atoms with Gasteiger partial charge >= 0.3 is 0 Å². The number of amides is 1. The normalized spacial score (nSPS) is 20.5. The number of fused-ring (bicyclic) bond motifs is 1. The van der Waals surface area contributed by atoms with Crippen molar-refractivity contribution in [1.29, 1.82) is 0 Å². The highest BCUT2D eigenvalue weighted by Crippen LogP contribution is 2.33. The van der Waals surface area contributed by atoms with Gasteiger partial charge in [-0.05, 0) is 49.9 Å². The lowest BCUT2D eigenvalue weighted by Crippen LogP contribution is -2.36. The fraction of sp³-hybridized carbons (Fsp3) is 0.455. The molecule has 0 radical (unpaired) electrons. The van der Waals surface area contributed by atoms with Crippen LogP contribution in [0.15, 0.2) is 42.6 Å². The molecule has 4 rings (SSSR count). The van der Waals surface area contributed by atoms with Gasteiger partial charge < -0.3 is 10.2 Å². The summed E-state index contributed by atoms with van der Waals surface area (Å²) in [7, 11) is 0. The predicted octanol–water partition coefficient (Wildman–Crippen LogP) is 4.81. The molecule has 136 valence electrons. The molecule has 1 fully saturated rings. The van der Waals surface area contributed by atoms with Gasteiger partial charge in [-0.15, -0.1) is 0 Å². The van der Waals surface area contributed by atoms with Crippen LogP contribution < -0.4 is 10.2 Å². The van der Waals surface area contributed by atoms with Crippen molar-refractivity contribution in [2.24, 2.45) is 0 Å². The van der Waals surface area contributed by atoms with Crippen molar-refractivity contribution in [2.75, 3.05) is 10.2 Å². The zero-order valence-electron chi connectivity index (χ0n) is 15.4. The fourth-order valence-corrected chi connectivity index (χ4v) is 4.30. The monoisotopic (exact) mass is 349 g/mol. The molecule has 0 spiro atoms. The second-order valence-electron chi connectivity index (χ2n) is 7.62. The van der Waals surface area contributed by atoms with Crippen molar-refractivity contribution < 1.29 is 4.79 Å². The molecule has 1 aromatic carbocycles. The van der Waals surface area contributed by atoms with Crippen molar-refractivity contribution >= 4 is 17.3 Å². The average molecular weight is 349 g/mol. The molecular weight excluding hydrogens is 322 g/mol. The Balaban J connectivity index is 1.53. The Bertz CT molecular complexity index is 780. The van der Waals surface area contributed by atoms with Gasteiger partial charge in [-0.25, -0.2) is 0 Å². The van der Waals surface area contributed by atoms with Crippen LogP contribution >= 0.6 is 0 Å². The molecule has 2 heterocycles. The van der Waals surface area contributed by atoms with Gasteiger partial charge in [0, 0.05) is 29.7 Å². The van der Waals surface area contributed by atoms with Crippen LogP contribution in [0.3, 0.4) is 0 Å². The summed E-state index contributed by atoms with van der Waals surface area (Å²) < 4.78 is 0. The van der Waals surface area contributed by atoms with Gasteiger partial charge in [0.05, 0.1) is 0 Å². The maximum absolute atomic E-state index is 13.2. The van der Waals surface area contributed by atoms with E-state index in [0.717, 1.165) is 17.8 Å². The summed E-state index contributed by atoms with van der Waals surface area (Å²) in [5.74, 6) is -0.00744. The van der Waals surface area contributed by atoms with Gasteiger partial charge in [0.15, 0.2) is 0 Å². The molecule has 26 heavy (non-hydrogen) atoms. The number of aromatic nitrogens is 1. The molecule has 1 aliphatic heterocycles. The highest BCUT2D eigenvalue weighted by molar-refractivity contribution is 6.06. The van der Waals surface area contributed by atoms with Crippen molar-refractivity contribution in [2.45, 2.75) is 64.0 Å². The van der Waals surface area contributed by atoms with Gasteiger partial charge in [-0.3, -0.25) is 9.78 Å². The fourth-order valence-electron chi connectivity index (χ4n) is 4.30. The molecule has 0 bridgehead atoms. The zero-order valence-corrected chi connectivity index (χ0v) is 15.4. The Kier molecular flexibility index (Phi) is 4.91. The van der Waals surface area contributed by atoms with E-state index in [1.54, 1.807) is 6.20 Å². The minimum Gasteiger partial charge on any atom is -0.382 e. The molecule has 2 aromatic rings. The summed E-state index contributed by atoms with van der Waals surface area (Å²) in [6, 6.07) is 12.7. The second-order valence-corrected chi connectivity index (χ2v) is 7.62. The van der Waals surface area contributed by atoms with E-state index in [2.05, 4.69) is 23.3 Å². The Hall–Kier alpha value is -2.36. The van der Waals surface area contributed by atoms with Crippen LogP contribution in [0.2, 0.25) is 0 Å². The Morgan fingerprint density at radius 2 is 1.88 bits per heavy atom. The molecule has 1 amide bonds. The molecule has 2 aliphatic rings. The number of rotatable bonds is 3. The van der Waals surface area contributed by atoms with Crippen LogP contribution in [-0.4, -0.2) is 23.0 Å². The Morgan fingerprint density at radius 1 is 1.12 bits per heavy atom. The van der Waals surface area contributed by atoms with E-state index in [1.807, 2.05) is 35.2 Å². The van der Waals surface area contributed by atoms with E-state index in [4.69, 9.17) is 0 Å². The first kappa shape index (κ1) is 17.1. The van der Waals surface area contributed by atoms with Gasteiger partial charge in [0.25, 0.3) is 5.91 Å². The van der Waals surface area contributed by atoms with Gasteiger partial charge in [0.2, 0.25) is 0 Å². The summed E-state index contributed by atoms with van der Waals surface area (Å²) in [6.45, 7) is 2.10. The first-order valence-corrected chi connectivity index (χ1v) is 9.86. The number of nitrogens with one attached hydrogen (secondary N) is 1. The maximum Gasteiger partial charge on any atom is 0.277 e. The predicted molar refractivity (Wildman–Crippen MR) is 106 cm³/mol. The number of pyridine rings is 1. The molecule has 1 saturated carbocycles. The standard InChI is InChI=1S/C22H27N3O/c1-16-14-17-8-6-7-11-21(17)25(16)22(26)20-15-19(12-13-23-20)24-18-9-4-2-3-5-10-18/h6-8,11-13,15-16,18H,2-5,9-10,14H2,1H3,(H,23,24). The lowest BCUT2D eigenvalue weighted by atomic mass is 10.1. The summed E-state index contributed by atoms with van der Waals surface area (Å²) in [4.78, 5) is 19.4. The average Bonchev–Trinajstić information content (AvgIpc) is 2.81. The van der Waals surface area contributed by atoms with Gasteiger partial charge in [-0.1, -0.05) is 43.9 Å². The second kappa shape index (κ2) is 7.48. The van der Waals surface area contributed by atoms with Crippen molar-refractivity contribution in [3.05, 3.63) is 53.9 Å². The first-order valence-electron chi connectivity index (χ1n) is 9.86. The van der Waals surface area contributed by atoms with Crippen LogP contribution in [0.1, 0.15) is 61.5 Å². The SMILES string of the molecule is CC1Cc2ccccc2N1C(=O)c1cc(NC2CCCCCC2)ccn1. The van der Waals surface area contributed by atoms with Crippen molar-refractivity contribution in [3.8, 4) is 0 Å². The van der Waals surface area contributed by atoms with Crippen LogP contribution in [0.5, 0.6) is 0 Å². The molecule has 1 aromatic heterocycles. The molecule has 1 unspecified atom stereocenters. The molecule has 1 N–H and O–H groups in total. The lowest BCUT2D eigenvalue weighted by molar-refractivity contribution is 0.0976. The van der Waals surface area contributed by atoms with Gasteiger partial charge in [-0.2, -0.15) is 0 Å². The topological polar surface area (TPSA) is 45.2 Å². The minimum absolute atomic E-state index is 0.00744. The Morgan fingerprint density at radius 3 is 2.69 bits per heavy atom. The van der Waals surface area contributed by atoms with Crippen LogP contribution in [0.4, 0.5) is 11.4 Å². The molecule has 4 nitrogen and oxygen atoms in total. The number of hydrogen-bond donors (Lipinski definition) is 1. The molecular formula is C22H27N3O. The summed E-state index contributed by atoms with van der Waals surface area (Å²) in [6.07, 6.45) is 10.3. The first-order chi connectivity index (χ1) is 12.7. The number of carbonyl (C=O) groups is 1. The summed E-state index contributed by atoms with van der Waals surface area (Å²) in [5.41, 5.74) is 3.79. The number of hydrogen-bond acceptors (Lipinski definition) is 3. The number of anilines is 2. The summed E-state index contributed by atoms with van der Waals surface area (Å²) in [5, 5.41) is 3.63. The van der Waals surface area contributed by atoms with Crippen LogP contribution in [-0.2, 0) is 6.42 Å². The molecule has 1 atom stereocenters. The van der Waals surface area contributed by atoms with E-state index in [1.165, 1.54) is 44.1 Å². The number of benzene rings is 1. The van der Waals surface area contributed by atoms with E-state index >= 15 is 0 Å².